The normalized spacial score (nSPS) is 12.6. The molecule has 0 bridgehead atoms. The number of carbonyl (C=O) groups is 2. The molecule has 480 valence electrons. The van der Waals surface area contributed by atoms with Crippen LogP contribution in [0, 0.1) is 0 Å². The minimum Gasteiger partial charge on any atom is -0.466 e. The molecule has 0 saturated carbocycles. The smallest absolute Gasteiger partial charge is 0.305 e. The highest BCUT2D eigenvalue weighted by Crippen LogP contribution is 2.20. The van der Waals surface area contributed by atoms with Gasteiger partial charge in [-0.1, -0.05) is 372 Å². The lowest BCUT2D eigenvalue weighted by Gasteiger charge is -2.22. The van der Waals surface area contributed by atoms with Crippen molar-refractivity contribution in [2.45, 2.75) is 431 Å². The molecule has 0 aliphatic rings. The van der Waals surface area contributed by atoms with Gasteiger partial charge in [-0.3, -0.25) is 9.59 Å². The number of hydrogen-bond donors (Lipinski definition) is 3. The monoisotopic (exact) mass is 1140 g/mol. The molecule has 2 unspecified atom stereocenters. The summed E-state index contributed by atoms with van der Waals surface area (Å²) < 4.78 is 5.49. The maximum atomic E-state index is 12.6. The Balaban J connectivity index is 3.36. The fourth-order valence-corrected chi connectivity index (χ4v) is 11.9. The predicted octanol–water partition coefficient (Wildman–Crippen LogP) is 24.1. The number of hydrogen-bond acceptors (Lipinski definition) is 5. The molecule has 0 radical (unpaired) electrons. The number of esters is 1. The average molecular weight is 1140 g/mol. The molecule has 0 rings (SSSR count). The van der Waals surface area contributed by atoms with Crippen LogP contribution in [0.2, 0.25) is 0 Å². The lowest BCUT2D eigenvalue weighted by atomic mass is 10.0. The Morgan fingerprint density at radius 1 is 0.346 bits per heavy atom. The summed E-state index contributed by atoms with van der Waals surface area (Å²) in [5.74, 6) is -0.0231. The number of amides is 1. The Kier molecular flexibility index (Phi) is 69.4. The second-order valence-electron chi connectivity index (χ2n) is 25.6. The number of rotatable bonds is 70. The molecule has 0 aromatic rings. The van der Waals surface area contributed by atoms with Gasteiger partial charge >= 0.3 is 5.97 Å². The van der Waals surface area contributed by atoms with Crippen LogP contribution in [0.4, 0.5) is 0 Å². The van der Waals surface area contributed by atoms with Gasteiger partial charge < -0.3 is 20.3 Å². The highest BCUT2D eigenvalue weighted by atomic mass is 16.5. The second-order valence-corrected chi connectivity index (χ2v) is 25.6. The molecule has 0 fully saturated rings. The van der Waals surface area contributed by atoms with Gasteiger partial charge in [0.2, 0.25) is 5.91 Å². The van der Waals surface area contributed by atoms with Gasteiger partial charge in [0.25, 0.3) is 0 Å². The fourth-order valence-electron chi connectivity index (χ4n) is 11.9. The van der Waals surface area contributed by atoms with Crippen LogP contribution in [0.25, 0.3) is 0 Å². The zero-order valence-corrected chi connectivity index (χ0v) is 55.0. The SMILES string of the molecule is CCCCCC/C=C\C/C=C\CCCCCCCC(=O)OCCCCCCCCCCCCCCCCCCCCCCCCCCCCC(=O)NC(CO)C(O)CCCCCCCCCCCCCCCCCCCCCCCC. The predicted molar refractivity (Wildman–Crippen MR) is 356 cm³/mol. The lowest BCUT2D eigenvalue weighted by molar-refractivity contribution is -0.143. The van der Waals surface area contributed by atoms with Crippen molar-refractivity contribution in [1.29, 1.82) is 0 Å². The molecule has 0 aromatic carbocycles. The van der Waals surface area contributed by atoms with E-state index in [1.54, 1.807) is 0 Å². The molecular weight excluding hydrogens is 995 g/mol. The number of unbranched alkanes of at least 4 members (excludes halogenated alkanes) is 55. The first-order valence-electron chi connectivity index (χ1n) is 37.1. The topological polar surface area (TPSA) is 95.9 Å². The summed E-state index contributed by atoms with van der Waals surface area (Å²) in [6, 6.07) is -0.541. The standard InChI is InChI=1S/C75H145NO5/c1-3-5-7-9-11-13-15-17-19-21-22-23-30-33-36-39-43-47-51-55-59-63-67-73(78)72(71-77)76-74(79)68-64-60-56-52-48-44-40-37-34-31-28-26-24-25-27-29-32-35-38-42-46-50-54-58-62-66-70-81-75(80)69-65-61-57-53-49-45-41-20-18-16-14-12-10-8-6-4-2/h14,16,20,41,72-73,77-78H,3-13,15,17-19,21-40,42-71H2,1-2H3,(H,76,79)/b16-14-,41-20-. The van der Waals surface area contributed by atoms with Crippen molar-refractivity contribution in [2.75, 3.05) is 13.2 Å². The van der Waals surface area contributed by atoms with Crippen LogP contribution in [0.15, 0.2) is 24.3 Å². The van der Waals surface area contributed by atoms with Crippen molar-refractivity contribution in [3.8, 4) is 0 Å². The average Bonchev–Trinajstić information content (AvgIpc) is 3.47. The molecule has 1 amide bonds. The van der Waals surface area contributed by atoms with E-state index in [1.165, 1.54) is 334 Å². The van der Waals surface area contributed by atoms with Crippen LogP contribution in [-0.4, -0.2) is 47.4 Å². The van der Waals surface area contributed by atoms with Crippen molar-refractivity contribution >= 4 is 11.9 Å². The highest BCUT2D eigenvalue weighted by Gasteiger charge is 2.20. The third-order valence-corrected chi connectivity index (χ3v) is 17.5. The Morgan fingerprint density at radius 3 is 0.951 bits per heavy atom. The summed E-state index contributed by atoms with van der Waals surface area (Å²) in [6.45, 7) is 4.97. The molecule has 0 saturated heterocycles. The van der Waals surface area contributed by atoms with Crippen LogP contribution in [0.1, 0.15) is 418 Å². The third-order valence-electron chi connectivity index (χ3n) is 17.5. The molecule has 6 nitrogen and oxygen atoms in total. The zero-order valence-electron chi connectivity index (χ0n) is 55.0. The van der Waals surface area contributed by atoms with Crippen LogP contribution in [0.5, 0.6) is 0 Å². The molecule has 0 aromatic heterocycles. The summed E-state index contributed by atoms with van der Waals surface area (Å²) in [7, 11) is 0. The number of aliphatic hydroxyl groups excluding tert-OH is 2. The van der Waals surface area contributed by atoms with E-state index in [-0.39, 0.29) is 18.5 Å². The van der Waals surface area contributed by atoms with E-state index in [4.69, 9.17) is 4.74 Å². The Bertz CT molecular complexity index is 1270. The first kappa shape index (κ1) is 79.3. The molecule has 0 aliphatic carbocycles. The van der Waals surface area contributed by atoms with E-state index in [9.17, 15) is 19.8 Å². The molecule has 81 heavy (non-hydrogen) atoms. The molecule has 2 atom stereocenters. The molecule has 3 N–H and O–H groups in total. The largest absolute Gasteiger partial charge is 0.466 e. The summed E-state index contributed by atoms with van der Waals surface area (Å²) in [5.41, 5.74) is 0. The van der Waals surface area contributed by atoms with Gasteiger partial charge in [-0.15, -0.1) is 0 Å². The third kappa shape index (κ3) is 67.3. The first-order valence-corrected chi connectivity index (χ1v) is 37.1. The Hall–Kier alpha value is -1.66. The van der Waals surface area contributed by atoms with Gasteiger partial charge in [0.05, 0.1) is 25.4 Å². The van der Waals surface area contributed by atoms with Gasteiger partial charge in [0.15, 0.2) is 0 Å². The fraction of sp³-hybridized carbons (Fsp3) is 0.920. The van der Waals surface area contributed by atoms with Gasteiger partial charge in [-0.2, -0.15) is 0 Å². The molecule has 0 heterocycles. The number of ether oxygens (including phenoxy) is 1. The van der Waals surface area contributed by atoms with E-state index in [1.807, 2.05) is 0 Å². The first-order chi connectivity index (χ1) is 40.0. The van der Waals surface area contributed by atoms with Gasteiger partial charge in [0.1, 0.15) is 0 Å². The number of nitrogens with one attached hydrogen (secondary N) is 1. The lowest BCUT2D eigenvalue weighted by Crippen LogP contribution is -2.45. The van der Waals surface area contributed by atoms with Crippen molar-refractivity contribution in [1.82, 2.24) is 5.32 Å². The highest BCUT2D eigenvalue weighted by molar-refractivity contribution is 5.76. The van der Waals surface area contributed by atoms with Gasteiger partial charge in [-0.25, -0.2) is 0 Å². The van der Waals surface area contributed by atoms with E-state index >= 15 is 0 Å². The zero-order chi connectivity index (χ0) is 58.5. The molecule has 0 spiro atoms. The van der Waals surface area contributed by atoms with Crippen molar-refractivity contribution in [3.63, 3.8) is 0 Å². The van der Waals surface area contributed by atoms with Crippen molar-refractivity contribution < 1.29 is 24.5 Å². The number of aliphatic hydroxyl groups is 2. The summed E-state index contributed by atoms with van der Waals surface area (Å²) in [5, 5.41) is 23.4. The molecule has 6 heteroatoms. The minimum absolute atomic E-state index is 0.00479. The van der Waals surface area contributed by atoms with Crippen LogP contribution in [-0.2, 0) is 14.3 Å². The van der Waals surface area contributed by atoms with Gasteiger partial charge in [0, 0.05) is 12.8 Å². The van der Waals surface area contributed by atoms with Crippen LogP contribution < -0.4 is 5.32 Å². The van der Waals surface area contributed by atoms with Crippen molar-refractivity contribution in [2.24, 2.45) is 0 Å². The maximum Gasteiger partial charge on any atom is 0.305 e. The van der Waals surface area contributed by atoms with E-state index in [0.29, 0.717) is 25.9 Å². The molecular formula is C75H145NO5. The summed E-state index contributed by atoms with van der Waals surface area (Å²) in [6.07, 6.45) is 89.5. The second kappa shape index (κ2) is 70.8. The quantitative estimate of drug-likeness (QED) is 0.0320. The number of allylic oxidation sites excluding steroid dienone is 4. The van der Waals surface area contributed by atoms with Crippen LogP contribution >= 0.6 is 0 Å². The van der Waals surface area contributed by atoms with E-state index in [2.05, 4.69) is 43.5 Å². The minimum atomic E-state index is -0.664. The van der Waals surface area contributed by atoms with E-state index in [0.717, 1.165) is 51.4 Å². The van der Waals surface area contributed by atoms with Gasteiger partial charge in [-0.05, 0) is 57.8 Å². The van der Waals surface area contributed by atoms with Crippen LogP contribution in [0.3, 0.4) is 0 Å². The molecule has 0 aliphatic heterocycles. The Labute approximate surface area is 507 Å². The number of carbonyl (C=O) groups excluding carboxylic acids is 2. The summed E-state index contributed by atoms with van der Waals surface area (Å²) >= 11 is 0. The Morgan fingerprint density at radius 2 is 0.617 bits per heavy atom. The van der Waals surface area contributed by atoms with E-state index < -0.39 is 12.1 Å². The van der Waals surface area contributed by atoms with Crippen molar-refractivity contribution in [3.05, 3.63) is 24.3 Å². The summed E-state index contributed by atoms with van der Waals surface area (Å²) in [4.78, 5) is 24.6. The maximum absolute atomic E-state index is 12.6.